The van der Waals surface area contributed by atoms with Crippen molar-refractivity contribution in [2.24, 2.45) is 5.92 Å². The van der Waals surface area contributed by atoms with E-state index in [1.807, 2.05) is 42.5 Å². The molecule has 0 saturated carbocycles. The molecule has 1 aliphatic heterocycles. The third-order valence-electron chi connectivity index (χ3n) is 6.16. The van der Waals surface area contributed by atoms with Crippen LogP contribution in [0.4, 0.5) is 11.5 Å². The molecule has 1 aliphatic rings. The van der Waals surface area contributed by atoms with Crippen LogP contribution in [0.3, 0.4) is 0 Å². The van der Waals surface area contributed by atoms with E-state index >= 15 is 0 Å². The van der Waals surface area contributed by atoms with Crippen molar-refractivity contribution in [2.45, 2.75) is 13.0 Å². The van der Waals surface area contributed by atoms with Gasteiger partial charge in [0.2, 0.25) is 5.91 Å². The van der Waals surface area contributed by atoms with Crippen molar-refractivity contribution in [1.82, 2.24) is 19.9 Å². The molecule has 5 rings (SSSR count). The third-order valence-corrected chi connectivity index (χ3v) is 6.46. The van der Waals surface area contributed by atoms with E-state index in [-0.39, 0.29) is 11.8 Å². The summed E-state index contributed by atoms with van der Waals surface area (Å²) in [6.07, 6.45) is 4.07. The van der Waals surface area contributed by atoms with Crippen LogP contribution in [-0.2, 0) is 11.4 Å². The van der Waals surface area contributed by atoms with Gasteiger partial charge in [0.25, 0.3) is 0 Å². The van der Waals surface area contributed by atoms with Crippen LogP contribution in [-0.4, -0.2) is 57.2 Å². The SMILES string of the molecule is O=C(CO)N1CC[C@@H](COc2ccc3ncnc(Nc4ccc(OCc5ccccn5)c(Cl)c4)c3c2)C1. The van der Waals surface area contributed by atoms with Crippen LogP contribution in [0.5, 0.6) is 11.5 Å². The number of benzene rings is 2. The molecule has 9 nitrogen and oxygen atoms in total. The molecule has 1 amide bonds. The number of amides is 1. The standard InChI is InChI=1S/C27H26ClN5O4/c28-23-11-19(4-7-25(23)37-16-20-3-1-2-9-29-20)32-27-22-12-21(5-6-24(22)30-17-31-27)36-15-18-8-10-33(13-18)26(35)14-34/h1-7,9,11-12,17-18,34H,8,10,13-16H2,(H,30,31,32)/t18-/m1/s1. The number of ether oxygens (including phenoxy) is 2. The van der Waals surface area contributed by atoms with Crippen LogP contribution in [0.25, 0.3) is 10.9 Å². The summed E-state index contributed by atoms with van der Waals surface area (Å²) in [7, 11) is 0. The van der Waals surface area contributed by atoms with Crippen LogP contribution in [0.2, 0.25) is 5.02 Å². The second kappa shape index (κ2) is 11.4. The Kier molecular flexibility index (Phi) is 7.62. The summed E-state index contributed by atoms with van der Waals surface area (Å²) in [5.74, 6) is 1.85. The molecule has 2 aromatic carbocycles. The highest BCUT2D eigenvalue weighted by Crippen LogP contribution is 2.32. The van der Waals surface area contributed by atoms with E-state index in [0.717, 1.165) is 28.7 Å². The topological polar surface area (TPSA) is 110 Å². The fourth-order valence-electron chi connectivity index (χ4n) is 4.20. The van der Waals surface area contributed by atoms with Crippen molar-refractivity contribution < 1.29 is 19.4 Å². The number of nitrogens with one attached hydrogen (secondary N) is 1. The number of hydrogen-bond acceptors (Lipinski definition) is 8. The summed E-state index contributed by atoms with van der Waals surface area (Å²) in [6.45, 7) is 1.57. The van der Waals surface area contributed by atoms with Gasteiger partial charge in [-0.25, -0.2) is 9.97 Å². The third kappa shape index (κ3) is 6.07. The minimum atomic E-state index is -0.458. The van der Waals surface area contributed by atoms with Crippen LogP contribution in [0.15, 0.2) is 67.1 Å². The smallest absolute Gasteiger partial charge is 0.248 e. The fraction of sp³-hybridized carbons (Fsp3) is 0.259. The zero-order chi connectivity index (χ0) is 25.6. The fourth-order valence-corrected chi connectivity index (χ4v) is 4.44. The van der Waals surface area contributed by atoms with E-state index in [1.54, 1.807) is 23.2 Å². The number of nitrogens with zero attached hydrogens (tertiary/aromatic N) is 4. The molecule has 10 heteroatoms. The van der Waals surface area contributed by atoms with Gasteiger partial charge in [-0.1, -0.05) is 17.7 Å². The molecule has 0 radical (unpaired) electrons. The Morgan fingerprint density at radius 2 is 2.03 bits per heavy atom. The molecular formula is C27H26ClN5O4. The second-order valence-corrected chi connectivity index (χ2v) is 9.15. The molecule has 190 valence electrons. The number of carbonyl (C=O) groups excluding carboxylic acids is 1. The van der Waals surface area contributed by atoms with Crippen molar-refractivity contribution >= 4 is 39.9 Å². The lowest BCUT2D eigenvalue weighted by Gasteiger charge is -2.16. The first-order valence-corrected chi connectivity index (χ1v) is 12.3. The maximum absolute atomic E-state index is 11.7. The maximum Gasteiger partial charge on any atom is 0.248 e. The highest BCUT2D eigenvalue weighted by molar-refractivity contribution is 6.32. The number of likely N-dealkylation sites (tertiary alicyclic amines) is 1. The number of pyridine rings is 1. The first kappa shape index (κ1) is 24.7. The normalized spacial score (nSPS) is 15.1. The first-order chi connectivity index (χ1) is 18.1. The van der Waals surface area contributed by atoms with Crippen molar-refractivity contribution in [1.29, 1.82) is 0 Å². The number of rotatable bonds is 9. The molecular weight excluding hydrogens is 494 g/mol. The van der Waals surface area contributed by atoms with Gasteiger partial charge in [0.05, 0.1) is 22.8 Å². The Balaban J connectivity index is 1.25. The molecule has 2 N–H and O–H groups in total. The van der Waals surface area contributed by atoms with Crippen molar-refractivity contribution in [3.05, 3.63) is 77.8 Å². The van der Waals surface area contributed by atoms with E-state index in [4.69, 9.17) is 26.2 Å². The van der Waals surface area contributed by atoms with Gasteiger partial charge in [0.15, 0.2) is 0 Å². The van der Waals surface area contributed by atoms with Gasteiger partial charge >= 0.3 is 0 Å². The van der Waals surface area contributed by atoms with E-state index < -0.39 is 6.61 Å². The Morgan fingerprint density at radius 1 is 1.11 bits per heavy atom. The van der Waals surface area contributed by atoms with Gasteiger partial charge in [-0.05, 0) is 55.0 Å². The molecule has 0 unspecified atom stereocenters. The average Bonchev–Trinajstić information content (AvgIpc) is 3.41. The first-order valence-electron chi connectivity index (χ1n) is 11.9. The number of fused-ring (bicyclic) bond motifs is 1. The predicted molar refractivity (Wildman–Crippen MR) is 140 cm³/mol. The lowest BCUT2D eigenvalue weighted by molar-refractivity contribution is -0.133. The number of aliphatic hydroxyl groups is 1. The summed E-state index contributed by atoms with van der Waals surface area (Å²) in [5, 5.41) is 13.6. The summed E-state index contributed by atoms with van der Waals surface area (Å²) < 4.78 is 11.8. The average molecular weight is 520 g/mol. The van der Waals surface area contributed by atoms with Crippen LogP contribution >= 0.6 is 11.6 Å². The molecule has 3 heterocycles. The minimum absolute atomic E-state index is 0.219. The molecule has 0 spiro atoms. The molecule has 37 heavy (non-hydrogen) atoms. The Morgan fingerprint density at radius 3 is 2.84 bits per heavy atom. The summed E-state index contributed by atoms with van der Waals surface area (Å²) in [6, 6.07) is 16.8. The quantitative estimate of drug-likeness (QED) is 0.338. The lowest BCUT2D eigenvalue weighted by Crippen LogP contribution is -2.31. The number of aliphatic hydroxyl groups excluding tert-OH is 1. The van der Waals surface area contributed by atoms with Crippen LogP contribution in [0.1, 0.15) is 12.1 Å². The minimum Gasteiger partial charge on any atom is -0.493 e. The summed E-state index contributed by atoms with van der Waals surface area (Å²) in [4.78, 5) is 26.4. The lowest BCUT2D eigenvalue weighted by atomic mass is 10.1. The molecule has 0 bridgehead atoms. The molecule has 0 aliphatic carbocycles. The monoisotopic (exact) mass is 519 g/mol. The second-order valence-electron chi connectivity index (χ2n) is 8.74. The van der Waals surface area contributed by atoms with Gasteiger partial charge in [-0.2, -0.15) is 0 Å². The van der Waals surface area contributed by atoms with Crippen molar-refractivity contribution in [3.63, 3.8) is 0 Å². The number of carbonyl (C=O) groups is 1. The summed E-state index contributed by atoms with van der Waals surface area (Å²) in [5.41, 5.74) is 2.34. The maximum atomic E-state index is 11.7. The summed E-state index contributed by atoms with van der Waals surface area (Å²) >= 11 is 6.47. The Hall–Kier alpha value is -3.95. The van der Waals surface area contributed by atoms with Crippen LogP contribution < -0.4 is 14.8 Å². The van der Waals surface area contributed by atoms with Gasteiger partial charge in [0.1, 0.15) is 36.9 Å². The Labute approximate surface area is 219 Å². The molecule has 1 atom stereocenters. The van der Waals surface area contributed by atoms with Crippen LogP contribution in [0, 0.1) is 5.92 Å². The van der Waals surface area contributed by atoms with E-state index in [9.17, 15) is 4.79 Å². The Bertz CT molecular complexity index is 1390. The van der Waals surface area contributed by atoms with Gasteiger partial charge in [-0.15, -0.1) is 0 Å². The zero-order valence-corrected chi connectivity index (χ0v) is 20.8. The largest absolute Gasteiger partial charge is 0.493 e. The molecule has 1 saturated heterocycles. The van der Waals surface area contributed by atoms with Crippen molar-refractivity contribution in [3.8, 4) is 11.5 Å². The molecule has 1 fully saturated rings. The van der Waals surface area contributed by atoms with Gasteiger partial charge in [0, 0.05) is 36.3 Å². The zero-order valence-electron chi connectivity index (χ0n) is 20.0. The van der Waals surface area contributed by atoms with E-state index in [1.165, 1.54) is 6.33 Å². The highest BCUT2D eigenvalue weighted by Gasteiger charge is 2.26. The number of halogens is 1. The van der Waals surface area contributed by atoms with E-state index in [0.29, 0.717) is 48.6 Å². The number of aromatic nitrogens is 3. The number of hydrogen-bond donors (Lipinski definition) is 2. The van der Waals surface area contributed by atoms with Gasteiger partial charge < -0.3 is 24.8 Å². The van der Waals surface area contributed by atoms with E-state index in [2.05, 4.69) is 20.3 Å². The van der Waals surface area contributed by atoms with Gasteiger partial charge in [-0.3, -0.25) is 9.78 Å². The predicted octanol–water partition coefficient (Wildman–Crippen LogP) is 4.22. The van der Waals surface area contributed by atoms with Crippen molar-refractivity contribution in [2.75, 3.05) is 31.6 Å². The molecule has 2 aromatic heterocycles. The molecule has 4 aromatic rings. The highest BCUT2D eigenvalue weighted by atomic mass is 35.5. The number of anilines is 2.